The molecule has 1 N–H and O–H groups in total. The maximum absolute atomic E-state index is 13.3. The quantitative estimate of drug-likeness (QED) is 0.0975. The van der Waals surface area contributed by atoms with Gasteiger partial charge in [-0.3, -0.25) is 0 Å². The normalized spacial score (nSPS) is 22.6. The number of carbonyl (C=O) groups is 2. The summed E-state index contributed by atoms with van der Waals surface area (Å²) in [5.74, 6) is -0.350. The summed E-state index contributed by atoms with van der Waals surface area (Å²) in [4.78, 5) is 26.1. The van der Waals surface area contributed by atoms with Crippen LogP contribution in [0.5, 0.6) is 11.5 Å². The zero-order valence-corrected chi connectivity index (χ0v) is 32.5. The van der Waals surface area contributed by atoms with Crippen molar-refractivity contribution in [3.63, 3.8) is 0 Å². The zero-order valence-electron chi connectivity index (χ0n) is 31.5. The van der Waals surface area contributed by atoms with Crippen molar-refractivity contribution < 1.29 is 47.5 Å². The van der Waals surface area contributed by atoms with E-state index in [9.17, 15) is 14.7 Å². The summed E-state index contributed by atoms with van der Waals surface area (Å²) >= 11 is 0. The molecular formula is C40H58O10Si. The molecule has 0 unspecified atom stereocenters. The Morgan fingerprint density at radius 2 is 1.43 bits per heavy atom. The van der Waals surface area contributed by atoms with E-state index in [1.165, 1.54) is 0 Å². The molecule has 282 valence electrons. The Kier molecular flexibility index (Phi) is 15.1. The van der Waals surface area contributed by atoms with Gasteiger partial charge in [-0.2, -0.15) is 0 Å². The Labute approximate surface area is 304 Å². The molecule has 10 nitrogen and oxygen atoms in total. The Balaban J connectivity index is 1.41. The van der Waals surface area contributed by atoms with Gasteiger partial charge in [0.05, 0.1) is 43.7 Å². The highest BCUT2D eigenvalue weighted by Crippen LogP contribution is 2.35. The molecule has 0 bridgehead atoms. The second-order valence-corrected chi connectivity index (χ2v) is 18.9. The van der Waals surface area contributed by atoms with Gasteiger partial charge < -0.3 is 38.0 Å². The minimum atomic E-state index is -1.82. The maximum Gasteiger partial charge on any atom is 0.338 e. The molecule has 1 heterocycles. The molecule has 51 heavy (non-hydrogen) atoms. The third-order valence-corrected chi connectivity index (χ3v) is 14.8. The summed E-state index contributed by atoms with van der Waals surface area (Å²) in [7, 11) is 1.34. The molecule has 2 aromatic carbocycles. The first-order valence-corrected chi connectivity index (χ1v) is 21.0. The Morgan fingerprint density at radius 3 is 2.00 bits per heavy atom. The first-order valence-electron chi connectivity index (χ1n) is 18.5. The number of carbonyl (C=O) groups excluding carboxylic acids is 2. The lowest BCUT2D eigenvalue weighted by Gasteiger charge is -2.42. The van der Waals surface area contributed by atoms with Gasteiger partial charge in [0, 0.05) is 38.7 Å². The number of aliphatic hydroxyl groups excluding tert-OH is 1. The van der Waals surface area contributed by atoms with E-state index in [4.69, 9.17) is 32.8 Å². The van der Waals surface area contributed by atoms with Crippen LogP contribution in [0.15, 0.2) is 60.2 Å². The third-order valence-electron chi connectivity index (χ3n) is 10.1. The monoisotopic (exact) mass is 726 g/mol. The minimum absolute atomic E-state index is 0.176. The number of aliphatic hydroxyl groups is 1. The zero-order chi connectivity index (χ0) is 37.0. The fourth-order valence-corrected chi connectivity index (χ4v) is 9.75. The standard InChI is InChI=1S/C40H58O10Si/c1-8-51(9-2,10-3)46-22-21-35(48-39(43)30-14-19-33(45-7)20-15-30)26-37-27-36(49-40(4,5)50-37)24-28-11-16-34(25-31(41)23-28)47-38(42)29-12-17-32(44-6)18-13-29/h11-15,17-20,31,34-37,41H,8-10,16,21-27H2,1-7H3/t31-,34+,35-,36-,37-/m1/s1. The Morgan fingerprint density at radius 1 is 0.863 bits per heavy atom. The van der Waals surface area contributed by atoms with E-state index < -0.39 is 44.4 Å². The third kappa shape index (κ3) is 12.2. The molecule has 2 aliphatic rings. The topological polar surface area (TPSA) is 119 Å². The number of ether oxygens (including phenoxy) is 6. The smallest absolute Gasteiger partial charge is 0.338 e. The van der Waals surface area contributed by atoms with Crippen molar-refractivity contribution in [3.05, 3.63) is 71.3 Å². The number of hydrogen-bond acceptors (Lipinski definition) is 10. The number of methoxy groups -OCH3 is 2. The average Bonchev–Trinajstić information content (AvgIpc) is 3.29. The molecule has 0 spiro atoms. The van der Waals surface area contributed by atoms with Crippen molar-refractivity contribution in [2.24, 2.45) is 0 Å². The predicted octanol–water partition coefficient (Wildman–Crippen LogP) is 8.03. The number of hydrogen-bond donors (Lipinski definition) is 1. The lowest BCUT2D eigenvalue weighted by atomic mass is 9.94. The van der Waals surface area contributed by atoms with E-state index in [1.54, 1.807) is 62.8 Å². The largest absolute Gasteiger partial charge is 0.497 e. The van der Waals surface area contributed by atoms with Crippen molar-refractivity contribution in [1.82, 2.24) is 0 Å². The van der Waals surface area contributed by atoms with Crippen LogP contribution in [0.1, 0.15) is 100 Å². The van der Waals surface area contributed by atoms with Gasteiger partial charge in [-0.1, -0.05) is 32.4 Å². The number of esters is 2. The molecule has 0 aromatic heterocycles. The molecule has 1 aliphatic carbocycles. The van der Waals surface area contributed by atoms with E-state index in [0.29, 0.717) is 74.2 Å². The summed E-state index contributed by atoms with van der Waals surface area (Å²) in [5, 5.41) is 10.9. The fourth-order valence-electron chi connectivity index (χ4n) is 7.09. The van der Waals surface area contributed by atoms with Crippen LogP contribution in [0.3, 0.4) is 0 Å². The van der Waals surface area contributed by atoms with Crippen molar-refractivity contribution in [3.8, 4) is 11.5 Å². The van der Waals surface area contributed by atoms with Gasteiger partial charge >= 0.3 is 11.9 Å². The van der Waals surface area contributed by atoms with Crippen LogP contribution in [-0.2, 0) is 23.4 Å². The van der Waals surface area contributed by atoms with E-state index in [-0.39, 0.29) is 12.2 Å². The first kappa shape index (κ1) is 40.5. The predicted molar refractivity (Wildman–Crippen MR) is 198 cm³/mol. The van der Waals surface area contributed by atoms with Gasteiger partial charge in [0.25, 0.3) is 0 Å². The average molecular weight is 727 g/mol. The molecule has 4 rings (SSSR count). The van der Waals surface area contributed by atoms with Crippen molar-refractivity contribution in [1.29, 1.82) is 0 Å². The van der Waals surface area contributed by atoms with Gasteiger partial charge in [0.2, 0.25) is 0 Å². The van der Waals surface area contributed by atoms with E-state index in [1.807, 2.05) is 13.8 Å². The molecular weight excluding hydrogens is 669 g/mol. The molecule has 0 saturated carbocycles. The second kappa shape index (κ2) is 19.0. The second-order valence-electron chi connectivity index (χ2n) is 14.1. The Hall–Kier alpha value is -3.22. The van der Waals surface area contributed by atoms with Crippen LogP contribution in [0.2, 0.25) is 18.1 Å². The number of rotatable bonds is 17. The van der Waals surface area contributed by atoms with Crippen LogP contribution >= 0.6 is 0 Å². The molecule has 1 saturated heterocycles. The summed E-state index contributed by atoms with van der Waals surface area (Å²) in [5.41, 5.74) is 1.95. The molecule has 1 fully saturated rings. The molecule has 5 atom stereocenters. The summed E-state index contributed by atoms with van der Waals surface area (Å²) in [6.45, 7) is 10.9. The molecule has 2 aromatic rings. The fraction of sp³-hybridized carbons (Fsp3) is 0.600. The van der Waals surface area contributed by atoms with E-state index >= 15 is 0 Å². The van der Waals surface area contributed by atoms with Crippen molar-refractivity contribution in [2.75, 3.05) is 20.8 Å². The van der Waals surface area contributed by atoms with Crippen LogP contribution in [-0.4, -0.2) is 82.5 Å². The first-order chi connectivity index (χ1) is 24.4. The van der Waals surface area contributed by atoms with E-state index in [0.717, 1.165) is 23.7 Å². The SMILES string of the molecule is CC[Si](CC)(CC)OCC[C@H](C[C@@H]1C[C@@H](CC2=CC[C@H](OC(=O)c3ccc(OC)cc3)C[C@H](O)C2)OC(C)(C)O1)OC(=O)c1ccc(OC)cc1. The highest BCUT2D eigenvalue weighted by molar-refractivity contribution is 6.73. The Bertz CT molecular complexity index is 1410. The lowest BCUT2D eigenvalue weighted by molar-refractivity contribution is -0.302. The summed E-state index contributed by atoms with van der Waals surface area (Å²) < 4.78 is 41.7. The molecule has 0 amide bonds. The summed E-state index contributed by atoms with van der Waals surface area (Å²) in [6, 6.07) is 16.8. The van der Waals surface area contributed by atoms with E-state index in [2.05, 4.69) is 26.8 Å². The lowest BCUT2D eigenvalue weighted by Crippen LogP contribution is -2.46. The van der Waals surface area contributed by atoms with Gasteiger partial charge in [-0.25, -0.2) is 9.59 Å². The highest BCUT2D eigenvalue weighted by atomic mass is 28.4. The molecule has 11 heteroatoms. The van der Waals surface area contributed by atoms with Crippen LogP contribution in [0, 0.1) is 0 Å². The van der Waals surface area contributed by atoms with Crippen molar-refractivity contribution >= 4 is 20.3 Å². The summed E-state index contributed by atoms with van der Waals surface area (Å²) in [6.07, 6.45) is 3.76. The van der Waals surface area contributed by atoms with Gasteiger partial charge in [-0.05, 0) is 93.4 Å². The van der Waals surface area contributed by atoms with Crippen LogP contribution in [0.4, 0.5) is 0 Å². The maximum atomic E-state index is 13.3. The molecule has 0 radical (unpaired) electrons. The van der Waals surface area contributed by atoms with Crippen LogP contribution in [0.25, 0.3) is 0 Å². The van der Waals surface area contributed by atoms with Crippen molar-refractivity contribution in [2.45, 2.75) is 134 Å². The van der Waals surface area contributed by atoms with Gasteiger partial charge in [-0.15, -0.1) is 0 Å². The van der Waals surface area contributed by atoms with Crippen LogP contribution < -0.4 is 9.47 Å². The van der Waals surface area contributed by atoms with Gasteiger partial charge in [0.1, 0.15) is 23.7 Å². The molecule has 1 aliphatic heterocycles. The highest BCUT2D eigenvalue weighted by Gasteiger charge is 2.38. The minimum Gasteiger partial charge on any atom is -0.497 e. The van der Waals surface area contributed by atoms with Gasteiger partial charge in [0.15, 0.2) is 14.1 Å². The number of benzene rings is 2.